The van der Waals surface area contributed by atoms with E-state index in [0.29, 0.717) is 5.11 Å². The van der Waals surface area contributed by atoms with Crippen molar-refractivity contribution in [2.75, 3.05) is 10.6 Å². The first-order chi connectivity index (χ1) is 9.19. The minimum absolute atomic E-state index is 0.551. The van der Waals surface area contributed by atoms with E-state index in [1.165, 1.54) is 5.56 Å². The monoisotopic (exact) mass is 271 g/mol. The molecule has 0 unspecified atom stereocenters. The van der Waals surface area contributed by atoms with E-state index in [-0.39, 0.29) is 0 Å². The van der Waals surface area contributed by atoms with Gasteiger partial charge in [0.2, 0.25) is 0 Å². The van der Waals surface area contributed by atoms with Crippen molar-refractivity contribution in [3.05, 3.63) is 53.7 Å². The van der Waals surface area contributed by atoms with Gasteiger partial charge in [-0.1, -0.05) is 25.1 Å². The Morgan fingerprint density at radius 2 is 2.05 bits per heavy atom. The van der Waals surface area contributed by atoms with Gasteiger partial charge in [-0.2, -0.15) is 0 Å². The highest BCUT2D eigenvalue weighted by Gasteiger charge is 2.02. The van der Waals surface area contributed by atoms with E-state index < -0.39 is 0 Å². The first-order valence-corrected chi connectivity index (χ1v) is 6.68. The molecule has 0 bridgehead atoms. The summed E-state index contributed by atoms with van der Waals surface area (Å²) in [5.41, 5.74) is 3.33. The van der Waals surface area contributed by atoms with Crippen molar-refractivity contribution >= 4 is 28.8 Å². The molecule has 0 fully saturated rings. The lowest BCUT2D eigenvalue weighted by Gasteiger charge is -2.12. The maximum absolute atomic E-state index is 5.29. The predicted molar refractivity (Wildman–Crippen MR) is 84.6 cm³/mol. The molecule has 4 heteroatoms. The number of pyridine rings is 1. The second-order valence-corrected chi connectivity index (χ2v) is 4.71. The molecular formula is C15H17N3S. The van der Waals surface area contributed by atoms with E-state index >= 15 is 0 Å². The zero-order valence-corrected chi connectivity index (χ0v) is 11.9. The molecule has 0 saturated carbocycles. The molecule has 2 aromatic rings. The van der Waals surface area contributed by atoms with Crippen molar-refractivity contribution in [1.29, 1.82) is 0 Å². The molecule has 1 aromatic carbocycles. The number of rotatable bonds is 3. The second-order valence-electron chi connectivity index (χ2n) is 4.30. The number of thiocarbonyl (C=S) groups is 1. The zero-order valence-electron chi connectivity index (χ0n) is 11.1. The first kappa shape index (κ1) is 13.5. The molecular weight excluding hydrogens is 254 g/mol. The van der Waals surface area contributed by atoms with Crippen LogP contribution in [0.1, 0.15) is 18.1 Å². The fourth-order valence-electron chi connectivity index (χ4n) is 1.76. The maximum atomic E-state index is 5.29. The van der Waals surface area contributed by atoms with Crippen LogP contribution in [-0.4, -0.2) is 10.1 Å². The van der Waals surface area contributed by atoms with Crippen molar-refractivity contribution in [3.8, 4) is 0 Å². The van der Waals surface area contributed by atoms with E-state index in [4.69, 9.17) is 12.2 Å². The Kier molecular flexibility index (Phi) is 4.47. The molecule has 0 aliphatic carbocycles. The predicted octanol–water partition coefficient (Wildman–Crippen LogP) is 3.76. The third-order valence-electron chi connectivity index (χ3n) is 2.83. The summed E-state index contributed by atoms with van der Waals surface area (Å²) in [6.07, 6.45) is 2.75. The summed E-state index contributed by atoms with van der Waals surface area (Å²) in [5, 5.41) is 6.83. The largest absolute Gasteiger partial charge is 0.332 e. The fraction of sp³-hybridized carbons (Fsp3) is 0.200. The number of nitrogens with zero attached hydrogens (tertiary/aromatic N) is 1. The maximum Gasteiger partial charge on any atom is 0.176 e. The summed E-state index contributed by atoms with van der Waals surface area (Å²) >= 11 is 5.29. The molecule has 0 aliphatic rings. The first-order valence-electron chi connectivity index (χ1n) is 6.27. The Morgan fingerprint density at radius 1 is 1.21 bits per heavy atom. The van der Waals surface area contributed by atoms with Crippen LogP contribution >= 0.6 is 12.2 Å². The third kappa shape index (κ3) is 3.76. The highest BCUT2D eigenvalue weighted by atomic mass is 32.1. The Bertz CT molecular complexity index is 581. The lowest BCUT2D eigenvalue weighted by Crippen LogP contribution is -2.20. The summed E-state index contributed by atoms with van der Waals surface area (Å²) in [6.45, 7) is 4.13. The normalized spacial score (nSPS) is 10.0. The average Bonchev–Trinajstić information content (AvgIpc) is 2.41. The van der Waals surface area contributed by atoms with Gasteiger partial charge < -0.3 is 10.6 Å². The summed E-state index contributed by atoms with van der Waals surface area (Å²) in [4.78, 5) is 4.25. The standard InChI is InChI=1S/C15H17N3S/c1-3-12-7-4-8-13(10-12)17-15(19)18-14-11(2)6-5-9-16-14/h4-10H,3H2,1-2H3,(H2,16,17,18,19). The fourth-order valence-corrected chi connectivity index (χ4v) is 1.97. The molecule has 19 heavy (non-hydrogen) atoms. The molecule has 98 valence electrons. The number of aryl methyl sites for hydroxylation is 2. The second kappa shape index (κ2) is 6.29. The van der Waals surface area contributed by atoms with Crippen LogP contribution in [0.15, 0.2) is 42.6 Å². The average molecular weight is 271 g/mol. The number of hydrogen-bond donors (Lipinski definition) is 2. The van der Waals surface area contributed by atoms with Gasteiger partial charge in [-0.15, -0.1) is 0 Å². The molecule has 0 spiro atoms. The molecule has 0 atom stereocenters. The van der Waals surface area contributed by atoms with Crippen LogP contribution in [0.5, 0.6) is 0 Å². The lowest BCUT2D eigenvalue weighted by molar-refractivity contribution is 1.14. The van der Waals surface area contributed by atoms with Crippen LogP contribution in [0.25, 0.3) is 0 Å². The van der Waals surface area contributed by atoms with Crippen LogP contribution < -0.4 is 10.6 Å². The minimum atomic E-state index is 0.551. The Hall–Kier alpha value is -1.94. The van der Waals surface area contributed by atoms with Gasteiger partial charge in [0.05, 0.1) is 0 Å². The van der Waals surface area contributed by atoms with Crippen LogP contribution in [-0.2, 0) is 6.42 Å². The molecule has 2 N–H and O–H groups in total. The van der Waals surface area contributed by atoms with Crippen LogP contribution in [0, 0.1) is 6.92 Å². The van der Waals surface area contributed by atoms with Gasteiger partial charge in [0.15, 0.2) is 5.11 Å². The zero-order chi connectivity index (χ0) is 13.7. The number of hydrogen-bond acceptors (Lipinski definition) is 2. The van der Waals surface area contributed by atoms with Gasteiger partial charge >= 0.3 is 0 Å². The molecule has 2 rings (SSSR count). The van der Waals surface area contributed by atoms with Crippen molar-refractivity contribution in [3.63, 3.8) is 0 Å². The van der Waals surface area contributed by atoms with Gasteiger partial charge in [0, 0.05) is 11.9 Å². The molecule has 0 amide bonds. The van der Waals surface area contributed by atoms with Crippen LogP contribution in [0.3, 0.4) is 0 Å². The van der Waals surface area contributed by atoms with Gasteiger partial charge in [-0.3, -0.25) is 0 Å². The van der Waals surface area contributed by atoms with Crippen molar-refractivity contribution in [2.45, 2.75) is 20.3 Å². The number of aromatic nitrogens is 1. The third-order valence-corrected chi connectivity index (χ3v) is 3.04. The molecule has 0 saturated heterocycles. The Balaban J connectivity index is 2.03. The van der Waals surface area contributed by atoms with Crippen molar-refractivity contribution < 1.29 is 0 Å². The van der Waals surface area contributed by atoms with Crippen molar-refractivity contribution in [1.82, 2.24) is 4.98 Å². The molecule has 1 aromatic heterocycles. The number of anilines is 2. The van der Waals surface area contributed by atoms with Gasteiger partial charge in [-0.25, -0.2) is 4.98 Å². The van der Waals surface area contributed by atoms with Gasteiger partial charge in [0.1, 0.15) is 5.82 Å². The summed E-state index contributed by atoms with van der Waals surface area (Å²) < 4.78 is 0. The Morgan fingerprint density at radius 3 is 2.79 bits per heavy atom. The van der Waals surface area contributed by atoms with Gasteiger partial charge in [-0.05, 0) is 54.9 Å². The number of nitrogens with one attached hydrogen (secondary N) is 2. The summed E-state index contributed by atoms with van der Waals surface area (Å²) in [6, 6.07) is 12.1. The summed E-state index contributed by atoms with van der Waals surface area (Å²) in [5.74, 6) is 0.784. The summed E-state index contributed by atoms with van der Waals surface area (Å²) in [7, 11) is 0. The smallest absolute Gasteiger partial charge is 0.176 e. The van der Waals surface area contributed by atoms with Crippen LogP contribution in [0.2, 0.25) is 0 Å². The highest BCUT2D eigenvalue weighted by Crippen LogP contribution is 2.13. The van der Waals surface area contributed by atoms with E-state index in [9.17, 15) is 0 Å². The van der Waals surface area contributed by atoms with E-state index in [0.717, 1.165) is 23.5 Å². The molecule has 0 aliphatic heterocycles. The van der Waals surface area contributed by atoms with Gasteiger partial charge in [0.25, 0.3) is 0 Å². The van der Waals surface area contributed by atoms with E-state index in [1.807, 2.05) is 31.2 Å². The quantitative estimate of drug-likeness (QED) is 0.833. The van der Waals surface area contributed by atoms with Crippen molar-refractivity contribution in [2.24, 2.45) is 0 Å². The molecule has 3 nitrogen and oxygen atoms in total. The molecule has 1 heterocycles. The molecule has 0 radical (unpaired) electrons. The van der Waals surface area contributed by atoms with E-state index in [1.54, 1.807) is 6.20 Å². The topological polar surface area (TPSA) is 37.0 Å². The highest BCUT2D eigenvalue weighted by molar-refractivity contribution is 7.80. The van der Waals surface area contributed by atoms with Crippen LogP contribution in [0.4, 0.5) is 11.5 Å². The number of benzene rings is 1. The minimum Gasteiger partial charge on any atom is -0.332 e. The lowest BCUT2D eigenvalue weighted by atomic mass is 10.1. The Labute approximate surface area is 119 Å². The van der Waals surface area contributed by atoms with E-state index in [2.05, 4.69) is 34.7 Å². The SMILES string of the molecule is CCc1cccc(NC(=S)Nc2ncccc2C)c1.